The highest BCUT2D eigenvalue weighted by molar-refractivity contribution is 6.33. The number of halogens is 1. The van der Waals surface area contributed by atoms with Gasteiger partial charge in [-0.2, -0.15) is 0 Å². The third-order valence-corrected chi connectivity index (χ3v) is 6.47. The van der Waals surface area contributed by atoms with Gasteiger partial charge in [-0.3, -0.25) is 4.79 Å². The standard InChI is InChI=1S/C21H31ClN2O2/c22-18-12-17(21(26)13-19(18)23)20(25)7-6-15-8-10-24(11-9-15)14-16-4-2-1-3-5-16/h12-13,15-16,26H,1-11,14,23H2. The number of carbonyl (C=O) groups excluding carboxylic acids is 1. The molecular formula is C21H31ClN2O2. The lowest BCUT2D eigenvalue weighted by molar-refractivity contribution is 0.0954. The number of nitrogen functional groups attached to an aromatic ring is 1. The van der Waals surface area contributed by atoms with E-state index in [2.05, 4.69) is 4.90 Å². The SMILES string of the molecule is Nc1cc(O)c(C(=O)CCC2CCN(CC3CCCCC3)CC2)cc1Cl. The highest BCUT2D eigenvalue weighted by Gasteiger charge is 2.24. The molecule has 1 saturated heterocycles. The van der Waals surface area contributed by atoms with E-state index in [0.717, 1.165) is 25.4 Å². The van der Waals surface area contributed by atoms with E-state index >= 15 is 0 Å². The van der Waals surface area contributed by atoms with Gasteiger partial charge in [0.25, 0.3) is 0 Å². The third kappa shape index (κ3) is 5.14. The molecule has 0 bridgehead atoms. The molecule has 2 fully saturated rings. The molecule has 0 spiro atoms. The lowest BCUT2D eigenvalue weighted by Crippen LogP contribution is -2.37. The number of phenolic OH excluding ortho intramolecular Hbond substituents is 1. The van der Waals surface area contributed by atoms with Crippen molar-refractivity contribution in [3.8, 4) is 5.75 Å². The number of ketones is 1. The number of likely N-dealkylation sites (tertiary alicyclic amines) is 1. The molecule has 0 amide bonds. The molecule has 2 aliphatic rings. The van der Waals surface area contributed by atoms with E-state index in [-0.39, 0.29) is 11.5 Å². The Morgan fingerprint density at radius 1 is 1.12 bits per heavy atom. The molecule has 0 aromatic heterocycles. The Balaban J connectivity index is 1.42. The molecule has 1 aliphatic heterocycles. The quantitative estimate of drug-likeness (QED) is 0.546. The summed E-state index contributed by atoms with van der Waals surface area (Å²) >= 11 is 5.98. The molecule has 144 valence electrons. The molecule has 3 N–H and O–H groups in total. The van der Waals surface area contributed by atoms with Crippen molar-refractivity contribution in [2.45, 2.75) is 57.8 Å². The van der Waals surface area contributed by atoms with Gasteiger partial charge < -0.3 is 15.7 Å². The Labute approximate surface area is 161 Å². The Kier molecular flexibility index (Phi) is 6.82. The topological polar surface area (TPSA) is 66.6 Å². The number of hydrogen-bond acceptors (Lipinski definition) is 4. The van der Waals surface area contributed by atoms with Crippen molar-refractivity contribution in [3.05, 3.63) is 22.7 Å². The maximum absolute atomic E-state index is 12.4. The Morgan fingerprint density at radius 2 is 1.81 bits per heavy atom. The number of phenols is 1. The van der Waals surface area contributed by atoms with Crippen LogP contribution in [0.3, 0.4) is 0 Å². The van der Waals surface area contributed by atoms with Gasteiger partial charge in [-0.05, 0) is 63.1 Å². The zero-order chi connectivity index (χ0) is 18.5. The smallest absolute Gasteiger partial charge is 0.166 e. The van der Waals surface area contributed by atoms with E-state index in [1.807, 2.05) is 0 Å². The monoisotopic (exact) mass is 378 g/mol. The maximum atomic E-state index is 12.4. The van der Waals surface area contributed by atoms with Gasteiger partial charge in [-0.1, -0.05) is 30.9 Å². The summed E-state index contributed by atoms with van der Waals surface area (Å²) in [4.78, 5) is 15.1. The van der Waals surface area contributed by atoms with Gasteiger partial charge >= 0.3 is 0 Å². The van der Waals surface area contributed by atoms with Crippen LogP contribution in [0, 0.1) is 11.8 Å². The summed E-state index contributed by atoms with van der Waals surface area (Å²) in [5.41, 5.74) is 6.24. The summed E-state index contributed by atoms with van der Waals surface area (Å²) in [6.07, 6.45) is 10.7. The zero-order valence-electron chi connectivity index (χ0n) is 15.6. The summed E-state index contributed by atoms with van der Waals surface area (Å²) in [6.45, 7) is 3.59. The fourth-order valence-corrected chi connectivity index (χ4v) is 4.63. The van der Waals surface area contributed by atoms with E-state index < -0.39 is 0 Å². The molecular weight excluding hydrogens is 348 g/mol. The van der Waals surface area contributed by atoms with Crippen molar-refractivity contribution in [3.63, 3.8) is 0 Å². The minimum Gasteiger partial charge on any atom is -0.507 e. The van der Waals surface area contributed by atoms with Crippen molar-refractivity contribution >= 4 is 23.1 Å². The van der Waals surface area contributed by atoms with Crippen molar-refractivity contribution in [1.29, 1.82) is 0 Å². The molecule has 1 aliphatic carbocycles. The second-order valence-electron chi connectivity index (χ2n) is 8.10. The fraction of sp³-hybridized carbons (Fsp3) is 0.667. The number of aromatic hydroxyl groups is 1. The number of rotatable bonds is 6. The molecule has 0 atom stereocenters. The number of Topliss-reactive ketones (excluding diaryl/α,β-unsaturated/α-hetero) is 1. The second kappa shape index (κ2) is 9.09. The molecule has 0 unspecified atom stereocenters. The first kappa shape index (κ1) is 19.5. The Morgan fingerprint density at radius 3 is 2.50 bits per heavy atom. The maximum Gasteiger partial charge on any atom is 0.166 e. The highest BCUT2D eigenvalue weighted by atomic mass is 35.5. The number of hydrogen-bond donors (Lipinski definition) is 2. The summed E-state index contributed by atoms with van der Waals surface area (Å²) in [7, 11) is 0. The predicted octanol–water partition coefficient (Wildman–Crippen LogP) is 4.88. The number of nitrogens with zero attached hydrogens (tertiary/aromatic N) is 1. The molecule has 1 aromatic carbocycles. The second-order valence-corrected chi connectivity index (χ2v) is 8.51. The molecule has 1 saturated carbocycles. The van der Waals surface area contributed by atoms with E-state index in [1.54, 1.807) is 0 Å². The van der Waals surface area contributed by atoms with Crippen LogP contribution in [-0.2, 0) is 0 Å². The van der Waals surface area contributed by atoms with Crippen molar-refractivity contribution < 1.29 is 9.90 Å². The largest absolute Gasteiger partial charge is 0.507 e. The summed E-state index contributed by atoms with van der Waals surface area (Å²) in [5, 5.41) is 10.3. The molecule has 1 heterocycles. The van der Waals surface area contributed by atoms with Crippen LogP contribution >= 0.6 is 11.6 Å². The summed E-state index contributed by atoms with van der Waals surface area (Å²) in [5.74, 6) is 1.39. The lowest BCUT2D eigenvalue weighted by Gasteiger charge is -2.35. The first-order chi connectivity index (χ1) is 12.5. The Hall–Kier alpha value is -1.26. The van der Waals surface area contributed by atoms with Crippen LogP contribution in [-0.4, -0.2) is 35.4 Å². The van der Waals surface area contributed by atoms with Crippen LogP contribution < -0.4 is 5.73 Å². The van der Waals surface area contributed by atoms with Crippen molar-refractivity contribution in [2.75, 3.05) is 25.4 Å². The van der Waals surface area contributed by atoms with Crippen molar-refractivity contribution in [1.82, 2.24) is 4.90 Å². The average Bonchev–Trinajstić information content (AvgIpc) is 2.65. The molecule has 5 heteroatoms. The zero-order valence-corrected chi connectivity index (χ0v) is 16.3. The summed E-state index contributed by atoms with van der Waals surface area (Å²) in [6, 6.07) is 2.85. The van der Waals surface area contributed by atoms with Gasteiger partial charge in [0.15, 0.2) is 5.78 Å². The number of piperidine rings is 1. The normalized spacial score (nSPS) is 20.3. The number of carbonyl (C=O) groups is 1. The Bertz CT molecular complexity index is 621. The number of benzene rings is 1. The molecule has 4 nitrogen and oxygen atoms in total. The van der Waals surface area contributed by atoms with Gasteiger partial charge in [-0.15, -0.1) is 0 Å². The third-order valence-electron chi connectivity index (χ3n) is 6.14. The average molecular weight is 379 g/mol. The van der Waals surface area contributed by atoms with Crippen molar-refractivity contribution in [2.24, 2.45) is 11.8 Å². The molecule has 26 heavy (non-hydrogen) atoms. The van der Waals surface area contributed by atoms with Gasteiger partial charge in [0.1, 0.15) is 5.75 Å². The van der Waals surface area contributed by atoms with Gasteiger partial charge in [0.05, 0.1) is 16.3 Å². The van der Waals surface area contributed by atoms with Crippen LogP contribution in [0.5, 0.6) is 5.75 Å². The van der Waals surface area contributed by atoms with Crippen LogP contribution in [0.25, 0.3) is 0 Å². The van der Waals surface area contributed by atoms with Gasteiger partial charge in [0, 0.05) is 19.0 Å². The van der Waals surface area contributed by atoms with E-state index in [0.29, 0.717) is 28.6 Å². The first-order valence-corrected chi connectivity index (χ1v) is 10.4. The lowest BCUT2D eigenvalue weighted by atomic mass is 9.87. The molecule has 0 radical (unpaired) electrons. The fourth-order valence-electron chi connectivity index (χ4n) is 4.46. The summed E-state index contributed by atoms with van der Waals surface area (Å²) < 4.78 is 0. The highest BCUT2D eigenvalue weighted by Crippen LogP contribution is 2.31. The number of nitrogens with two attached hydrogens (primary N) is 1. The van der Waals surface area contributed by atoms with Crippen LogP contribution in [0.4, 0.5) is 5.69 Å². The first-order valence-electron chi connectivity index (χ1n) is 10.1. The molecule has 1 aromatic rings. The van der Waals surface area contributed by atoms with E-state index in [1.165, 1.54) is 63.6 Å². The predicted molar refractivity (Wildman–Crippen MR) is 107 cm³/mol. The van der Waals surface area contributed by atoms with E-state index in [9.17, 15) is 9.90 Å². The van der Waals surface area contributed by atoms with Crippen LogP contribution in [0.1, 0.15) is 68.1 Å². The minimum absolute atomic E-state index is 0.0472. The minimum atomic E-state index is -0.0702. The van der Waals surface area contributed by atoms with Gasteiger partial charge in [0.2, 0.25) is 0 Å². The van der Waals surface area contributed by atoms with Crippen LogP contribution in [0.15, 0.2) is 12.1 Å². The van der Waals surface area contributed by atoms with E-state index in [4.69, 9.17) is 17.3 Å². The van der Waals surface area contributed by atoms with Crippen LogP contribution in [0.2, 0.25) is 5.02 Å². The number of anilines is 1. The van der Waals surface area contributed by atoms with Gasteiger partial charge in [-0.25, -0.2) is 0 Å². The molecule has 3 rings (SSSR count).